The fourth-order valence-electron chi connectivity index (χ4n) is 4.15. The van der Waals surface area contributed by atoms with Crippen molar-refractivity contribution < 1.29 is 28.6 Å². The minimum atomic E-state index is -0.853. The van der Waals surface area contributed by atoms with E-state index in [1.54, 1.807) is 44.9 Å². The van der Waals surface area contributed by atoms with E-state index in [1.165, 1.54) is 0 Å². The number of hydrogen-bond donors (Lipinski definition) is 2. The molecule has 0 radical (unpaired) electrons. The minimum absolute atomic E-state index is 0.223. The highest BCUT2D eigenvalue weighted by Gasteiger charge is 2.42. The molecule has 0 aliphatic carbocycles. The zero-order valence-corrected chi connectivity index (χ0v) is 23.8. The molecule has 2 rings (SSSR count). The number of alkyl carbamates (subject to hydrolysis) is 1. The van der Waals surface area contributed by atoms with Gasteiger partial charge in [-0.15, -0.1) is 6.42 Å². The Balaban J connectivity index is 2.11. The van der Waals surface area contributed by atoms with Crippen molar-refractivity contribution in [2.24, 2.45) is 5.41 Å². The number of methoxy groups -OCH3 is 1. The van der Waals surface area contributed by atoms with Crippen molar-refractivity contribution in [1.82, 2.24) is 15.5 Å². The lowest BCUT2D eigenvalue weighted by atomic mass is 9.85. The van der Waals surface area contributed by atoms with Crippen molar-refractivity contribution >= 4 is 17.9 Å². The summed E-state index contributed by atoms with van der Waals surface area (Å²) in [5.41, 5.74) is 0.173. The summed E-state index contributed by atoms with van der Waals surface area (Å²) >= 11 is 0. The van der Waals surface area contributed by atoms with E-state index in [0.717, 1.165) is 5.56 Å². The molecule has 1 fully saturated rings. The van der Waals surface area contributed by atoms with Gasteiger partial charge in [-0.05, 0) is 51.2 Å². The first kappa shape index (κ1) is 31.0. The first-order valence-electron chi connectivity index (χ1n) is 13.1. The van der Waals surface area contributed by atoms with Crippen LogP contribution in [0.5, 0.6) is 5.75 Å². The van der Waals surface area contributed by atoms with Gasteiger partial charge in [-0.2, -0.15) is 0 Å². The summed E-state index contributed by atoms with van der Waals surface area (Å²) in [5, 5.41) is 5.68. The maximum Gasteiger partial charge on any atom is 0.408 e. The smallest absolute Gasteiger partial charge is 0.408 e. The number of ether oxygens (including phenoxy) is 3. The first-order valence-corrected chi connectivity index (χ1v) is 13.1. The van der Waals surface area contributed by atoms with Crippen molar-refractivity contribution in [2.45, 2.75) is 85.0 Å². The molecule has 1 aliphatic rings. The van der Waals surface area contributed by atoms with E-state index in [4.69, 9.17) is 20.6 Å². The van der Waals surface area contributed by atoms with E-state index in [0.29, 0.717) is 50.3 Å². The molecule has 1 heterocycles. The van der Waals surface area contributed by atoms with Crippen molar-refractivity contribution in [1.29, 1.82) is 0 Å². The average molecular weight is 530 g/mol. The predicted octanol–water partition coefficient (Wildman–Crippen LogP) is 3.63. The predicted molar refractivity (Wildman–Crippen MR) is 146 cm³/mol. The molecule has 2 atom stereocenters. The highest BCUT2D eigenvalue weighted by atomic mass is 16.6. The lowest BCUT2D eigenvalue weighted by Gasteiger charge is -2.35. The van der Waals surface area contributed by atoms with Crippen molar-refractivity contribution in [3.8, 4) is 18.1 Å². The van der Waals surface area contributed by atoms with Crippen LogP contribution in [0.15, 0.2) is 18.2 Å². The maximum absolute atomic E-state index is 13.6. The molecule has 2 N–H and O–H groups in total. The van der Waals surface area contributed by atoms with Gasteiger partial charge in [0.25, 0.3) is 0 Å². The van der Waals surface area contributed by atoms with Crippen LogP contribution in [-0.2, 0) is 25.6 Å². The highest BCUT2D eigenvalue weighted by Crippen LogP contribution is 2.27. The van der Waals surface area contributed by atoms with Gasteiger partial charge in [0, 0.05) is 44.4 Å². The molecule has 1 aromatic rings. The van der Waals surface area contributed by atoms with Gasteiger partial charge in [-0.3, -0.25) is 9.59 Å². The van der Waals surface area contributed by atoms with Gasteiger partial charge in [-0.25, -0.2) is 4.79 Å². The Labute approximate surface area is 227 Å². The molecule has 1 aliphatic heterocycles. The van der Waals surface area contributed by atoms with Crippen LogP contribution in [0.3, 0.4) is 0 Å². The Morgan fingerprint density at radius 2 is 1.87 bits per heavy atom. The van der Waals surface area contributed by atoms with E-state index >= 15 is 0 Å². The maximum atomic E-state index is 13.6. The number of nitrogens with one attached hydrogen (secondary N) is 2. The minimum Gasteiger partial charge on any atom is -0.493 e. The average Bonchev–Trinajstić information content (AvgIpc) is 3.32. The molecular weight excluding hydrogens is 486 g/mol. The number of rotatable bonds is 10. The summed E-state index contributed by atoms with van der Waals surface area (Å²) in [6, 6.07) is 3.92. The molecule has 1 saturated heterocycles. The lowest BCUT2D eigenvalue weighted by Crippen LogP contribution is -2.58. The molecule has 0 saturated carbocycles. The summed E-state index contributed by atoms with van der Waals surface area (Å²) in [4.78, 5) is 40.9. The fraction of sp³-hybridized carbons (Fsp3) is 0.621. The number of nitrogens with zero attached hydrogens (tertiary/aromatic N) is 1. The van der Waals surface area contributed by atoms with Gasteiger partial charge in [0.15, 0.2) is 0 Å². The Kier molecular flexibility index (Phi) is 11.0. The van der Waals surface area contributed by atoms with Gasteiger partial charge >= 0.3 is 6.09 Å². The summed E-state index contributed by atoms with van der Waals surface area (Å²) in [6.45, 7) is 12.6. The molecule has 9 nitrogen and oxygen atoms in total. The standard InChI is InChI=1S/C29H43N3O6/c1-9-20-13-14-21(23(18-20)37-17-11-16-36-8)19-30-25(33)22-12-10-15-32(22)26(34)24(28(2,3)4)31-27(35)38-29(5,6)7/h1,13-14,18,22,24H,10-12,15-17,19H2,2-8H3,(H,30,33)(H,31,35). The normalized spacial score (nSPS) is 16.4. The third kappa shape index (κ3) is 9.25. The van der Waals surface area contributed by atoms with Crippen molar-refractivity contribution in [2.75, 3.05) is 26.9 Å². The summed E-state index contributed by atoms with van der Waals surface area (Å²) in [6.07, 6.45) is 6.82. The van der Waals surface area contributed by atoms with Crippen LogP contribution in [-0.4, -0.2) is 67.4 Å². The van der Waals surface area contributed by atoms with Crippen LogP contribution in [0.1, 0.15) is 71.9 Å². The Morgan fingerprint density at radius 1 is 1.16 bits per heavy atom. The van der Waals surface area contributed by atoms with Crippen LogP contribution < -0.4 is 15.4 Å². The molecule has 0 aromatic heterocycles. The quantitative estimate of drug-likeness (QED) is 0.354. The molecular formula is C29H43N3O6. The SMILES string of the molecule is C#Cc1ccc(CNC(=O)C2CCCN2C(=O)C(NC(=O)OC(C)(C)C)C(C)(C)C)c(OCCCOC)c1. The van der Waals surface area contributed by atoms with Gasteiger partial charge in [0.05, 0.1) is 6.61 Å². The third-order valence-corrected chi connectivity index (χ3v) is 6.05. The van der Waals surface area contributed by atoms with Gasteiger partial charge in [0.2, 0.25) is 11.8 Å². The number of benzene rings is 1. The third-order valence-electron chi connectivity index (χ3n) is 6.05. The second kappa shape index (κ2) is 13.5. The largest absolute Gasteiger partial charge is 0.493 e. The molecule has 38 heavy (non-hydrogen) atoms. The van der Waals surface area contributed by atoms with E-state index in [-0.39, 0.29) is 18.4 Å². The number of terminal acetylenes is 1. The van der Waals surface area contributed by atoms with Crippen LogP contribution in [0.4, 0.5) is 4.79 Å². The number of likely N-dealkylation sites (tertiary alicyclic amines) is 1. The lowest BCUT2D eigenvalue weighted by molar-refractivity contribution is -0.142. The van der Waals surface area contributed by atoms with E-state index < -0.39 is 29.2 Å². The monoisotopic (exact) mass is 529 g/mol. The summed E-state index contributed by atoms with van der Waals surface area (Å²) < 4.78 is 16.3. The Bertz CT molecular complexity index is 1020. The Morgan fingerprint density at radius 3 is 2.47 bits per heavy atom. The molecule has 9 heteroatoms. The van der Waals surface area contributed by atoms with Crippen LogP contribution in [0.25, 0.3) is 0 Å². The molecule has 0 spiro atoms. The van der Waals surface area contributed by atoms with Gasteiger partial charge < -0.3 is 29.7 Å². The van der Waals surface area contributed by atoms with E-state index in [1.807, 2.05) is 26.8 Å². The number of carbonyl (C=O) groups is 3. The van der Waals surface area contributed by atoms with Crippen LogP contribution in [0.2, 0.25) is 0 Å². The number of carbonyl (C=O) groups excluding carboxylic acids is 3. The highest BCUT2D eigenvalue weighted by molar-refractivity contribution is 5.92. The second-order valence-electron chi connectivity index (χ2n) is 11.5. The number of hydrogen-bond acceptors (Lipinski definition) is 6. The molecule has 210 valence electrons. The second-order valence-corrected chi connectivity index (χ2v) is 11.5. The molecule has 3 amide bonds. The first-order chi connectivity index (χ1) is 17.8. The summed E-state index contributed by atoms with van der Waals surface area (Å²) in [5.74, 6) is 2.64. The van der Waals surface area contributed by atoms with Crippen molar-refractivity contribution in [3.63, 3.8) is 0 Å². The van der Waals surface area contributed by atoms with Gasteiger partial charge in [0.1, 0.15) is 23.4 Å². The zero-order chi connectivity index (χ0) is 28.5. The zero-order valence-electron chi connectivity index (χ0n) is 23.8. The molecule has 0 bridgehead atoms. The van der Waals surface area contributed by atoms with Crippen LogP contribution >= 0.6 is 0 Å². The van der Waals surface area contributed by atoms with Crippen LogP contribution in [0, 0.1) is 17.8 Å². The topological polar surface area (TPSA) is 106 Å². The number of amides is 3. The molecule has 2 unspecified atom stereocenters. The van der Waals surface area contributed by atoms with Crippen molar-refractivity contribution in [3.05, 3.63) is 29.3 Å². The fourth-order valence-corrected chi connectivity index (χ4v) is 4.15. The Hall–Kier alpha value is -3.25. The van der Waals surface area contributed by atoms with E-state index in [2.05, 4.69) is 16.6 Å². The summed E-state index contributed by atoms with van der Waals surface area (Å²) in [7, 11) is 1.63. The van der Waals surface area contributed by atoms with E-state index in [9.17, 15) is 14.4 Å². The molecule has 1 aromatic carbocycles. The van der Waals surface area contributed by atoms with Gasteiger partial charge in [-0.1, -0.05) is 32.8 Å².